The Morgan fingerprint density at radius 1 is 1.23 bits per heavy atom. The number of thioether (sulfide) groups is 1. The lowest BCUT2D eigenvalue weighted by molar-refractivity contribution is -0.118. The van der Waals surface area contributed by atoms with Gasteiger partial charge in [0.25, 0.3) is 0 Å². The second-order valence-corrected chi connectivity index (χ2v) is 9.06. The first-order valence-electron chi connectivity index (χ1n) is 9.47. The molecule has 1 aliphatic heterocycles. The third kappa shape index (κ3) is 5.18. The number of hydrogen-bond acceptors (Lipinski definition) is 6. The van der Waals surface area contributed by atoms with Crippen LogP contribution in [0.4, 0.5) is 0 Å². The average Bonchev–Trinajstić information content (AvgIpc) is 2.82. The lowest BCUT2D eigenvalue weighted by Gasteiger charge is -2.19. The highest BCUT2D eigenvalue weighted by molar-refractivity contribution is 8.00. The summed E-state index contributed by atoms with van der Waals surface area (Å²) in [5.74, 6) is 0.492. The van der Waals surface area contributed by atoms with Crippen molar-refractivity contribution < 1.29 is 4.79 Å². The van der Waals surface area contributed by atoms with E-state index in [1.807, 2.05) is 0 Å². The molecule has 1 fully saturated rings. The van der Waals surface area contributed by atoms with Crippen LogP contribution in [-0.2, 0) is 4.79 Å². The van der Waals surface area contributed by atoms with E-state index in [1.54, 1.807) is 17.7 Å². The summed E-state index contributed by atoms with van der Waals surface area (Å²) >= 11 is 3.20. The molecular weight excluding hydrogens is 364 g/mol. The van der Waals surface area contributed by atoms with Gasteiger partial charge < -0.3 is 10.2 Å². The molecule has 0 radical (unpaired) electrons. The van der Waals surface area contributed by atoms with Crippen LogP contribution in [-0.4, -0.2) is 52.7 Å². The van der Waals surface area contributed by atoms with E-state index in [2.05, 4.69) is 34.0 Å². The van der Waals surface area contributed by atoms with Crippen LogP contribution in [0.25, 0.3) is 10.2 Å². The van der Waals surface area contributed by atoms with Crippen molar-refractivity contribution in [3.05, 3.63) is 16.8 Å². The van der Waals surface area contributed by atoms with Gasteiger partial charge in [0.1, 0.15) is 16.2 Å². The lowest BCUT2D eigenvalue weighted by Crippen LogP contribution is -2.31. The fourth-order valence-electron chi connectivity index (χ4n) is 3.33. The van der Waals surface area contributed by atoms with Crippen LogP contribution in [0.3, 0.4) is 0 Å². The molecule has 0 unspecified atom stereocenters. The van der Waals surface area contributed by atoms with E-state index in [-0.39, 0.29) is 5.91 Å². The van der Waals surface area contributed by atoms with Gasteiger partial charge in [0, 0.05) is 16.8 Å². The molecule has 1 amide bonds. The Kier molecular flexibility index (Phi) is 7.28. The third-order valence-corrected chi connectivity index (χ3v) is 7.05. The van der Waals surface area contributed by atoms with E-state index < -0.39 is 0 Å². The van der Waals surface area contributed by atoms with Gasteiger partial charge in [0.05, 0.1) is 5.75 Å². The Bertz CT molecular complexity index is 738. The van der Waals surface area contributed by atoms with Gasteiger partial charge in [0.2, 0.25) is 5.91 Å². The Morgan fingerprint density at radius 2 is 2.00 bits per heavy atom. The molecule has 26 heavy (non-hydrogen) atoms. The van der Waals surface area contributed by atoms with Crippen LogP contribution in [0.1, 0.15) is 42.5 Å². The molecule has 1 aliphatic rings. The van der Waals surface area contributed by atoms with Crippen molar-refractivity contribution in [2.75, 3.05) is 31.9 Å². The summed E-state index contributed by atoms with van der Waals surface area (Å²) in [7, 11) is 0. The number of carbonyl (C=O) groups is 1. The summed E-state index contributed by atoms with van der Waals surface area (Å²) in [6, 6.07) is 0. The second-order valence-electron chi connectivity index (χ2n) is 6.89. The molecule has 0 aromatic carbocycles. The van der Waals surface area contributed by atoms with E-state index in [0.29, 0.717) is 5.75 Å². The fourth-order valence-corrected chi connectivity index (χ4v) is 5.28. The molecule has 3 rings (SSSR count). The molecule has 5 nitrogen and oxygen atoms in total. The molecule has 0 bridgehead atoms. The molecule has 3 heterocycles. The van der Waals surface area contributed by atoms with E-state index in [0.717, 1.165) is 34.8 Å². The average molecular weight is 393 g/mol. The van der Waals surface area contributed by atoms with Crippen molar-refractivity contribution in [1.82, 2.24) is 20.2 Å². The van der Waals surface area contributed by atoms with Gasteiger partial charge in [-0.25, -0.2) is 9.97 Å². The van der Waals surface area contributed by atoms with Crippen LogP contribution in [0.5, 0.6) is 0 Å². The van der Waals surface area contributed by atoms with Gasteiger partial charge in [-0.05, 0) is 58.3 Å². The van der Waals surface area contributed by atoms with Crippen LogP contribution >= 0.6 is 23.1 Å². The Balaban J connectivity index is 1.42. The number of aromatic nitrogens is 2. The molecule has 1 saturated heterocycles. The minimum absolute atomic E-state index is 0.0854. The third-order valence-electron chi connectivity index (χ3n) is 4.94. The lowest BCUT2D eigenvalue weighted by atomic mass is 10.2. The van der Waals surface area contributed by atoms with Gasteiger partial charge in [-0.3, -0.25) is 4.79 Å². The van der Waals surface area contributed by atoms with Gasteiger partial charge >= 0.3 is 0 Å². The van der Waals surface area contributed by atoms with Crippen molar-refractivity contribution >= 4 is 39.2 Å². The van der Waals surface area contributed by atoms with Gasteiger partial charge in [-0.1, -0.05) is 24.6 Å². The predicted molar refractivity (Wildman–Crippen MR) is 110 cm³/mol. The van der Waals surface area contributed by atoms with Crippen LogP contribution < -0.4 is 5.32 Å². The summed E-state index contributed by atoms with van der Waals surface area (Å²) < 4.78 is 0. The highest BCUT2D eigenvalue weighted by Gasteiger charge is 2.14. The molecule has 1 N–H and O–H groups in total. The van der Waals surface area contributed by atoms with Crippen LogP contribution in [0.2, 0.25) is 0 Å². The molecule has 2 aromatic heterocycles. The summed E-state index contributed by atoms with van der Waals surface area (Å²) in [5, 5.41) is 5.07. The number of rotatable bonds is 7. The van der Waals surface area contributed by atoms with Crippen molar-refractivity contribution in [1.29, 1.82) is 0 Å². The number of nitrogens with one attached hydrogen (secondary N) is 1. The molecule has 0 spiro atoms. The first kappa shape index (κ1) is 19.6. The number of carbonyl (C=O) groups excluding carboxylic acids is 1. The SMILES string of the molecule is Cc1sc2ncnc(SCC(=O)NCCCN3CCCCCC3)c2c1C. The fraction of sp³-hybridized carbons (Fsp3) is 0.632. The highest BCUT2D eigenvalue weighted by atomic mass is 32.2. The first-order chi connectivity index (χ1) is 12.6. The van der Waals surface area contributed by atoms with Crippen molar-refractivity contribution in [2.24, 2.45) is 0 Å². The maximum absolute atomic E-state index is 12.2. The molecule has 0 aliphatic carbocycles. The normalized spacial score (nSPS) is 15.9. The number of likely N-dealkylation sites (tertiary alicyclic amines) is 1. The zero-order valence-electron chi connectivity index (χ0n) is 15.7. The van der Waals surface area contributed by atoms with Crippen LogP contribution in [0, 0.1) is 13.8 Å². The molecule has 2 aromatic rings. The largest absolute Gasteiger partial charge is 0.355 e. The Hall–Kier alpha value is -1.18. The zero-order chi connectivity index (χ0) is 18.4. The summed E-state index contributed by atoms with van der Waals surface area (Å²) in [5.41, 5.74) is 1.23. The number of hydrogen-bond donors (Lipinski definition) is 1. The Morgan fingerprint density at radius 3 is 2.77 bits per heavy atom. The maximum Gasteiger partial charge on any atom is 0.230 e. The van der Waals surface area contributed by atoms with E-state index in [9.17, 15) is 4.79 Å². The topological polar surface area (TPSA) is 58.1 Å². The monoisotopic (exact) mass is 392 g/mol. The minimum atomic E-state index is 0.0854. The number of aryl methyl sites for hydroxylation is 2. The van der Waals surface area contributed by atoms with E-state index >= 15 is 0 Å². The highest BCUT2D eigenvalue weighted by Crippen LogP contribution is 2.34. The first-order valence-corrected chi connectivity index (χ1v) is 11.3. The molecular formula is C19H28N4OS2. The second kappa shape index (κ2) is 9.67. The number of amides is 1. The zero-order valence-corrected chi connectivity index (χ0v) is 17.3. The van der Waals surface area contributed by atoms with Crippen LogP contribution in [0.15, 0.2) is 11.4 Å². The maximum atomic E-state index is 12.2. The van der Waals surface area contributed by atoms with Gasteiger partial charge in [-0.2, -0.15) is 0 Å². The smallest absolute Gasteiger partial charge is 0.230 e. The number of nitrogens with zero attached hydrogens (tertiary/aromatic N) is 3. The van der Waals surface area contributed by atoms with E-state index in [1.165, 1.54) is 61.0 Å². The molecule has 0 atom stereocenters. The molecule has 7 heteroatoms. The minimum Gasteiger partial charge on any atom is -0.355 e. The summed E-state index contributed by atoms with van der Waals surface area (Å²) in [4.78, 5) is 25.7. The molecule has 142 valence electrons. The van der Waals surface area contributed by atoms with Gasteiger partial charge in [0.15, 0.2) is 0 Å². The van der Waals surface area contributed by atoms with Crippen molar-refractivity contribution in [3.63, 3.8) is 0 Å². The van der Waals surface area contributed by atoms with E-state index in [4.69, 9.17) is 0 Å². The van der Waals surface area contributed by atoms with Crippen molar-refractivity contribution in [3.8, 4) is 0 Å². The standard InChI is InChI=1S/C19H28N4OS2/c1-14-15(2)26-19-17(14)18(21-13-22-19)25-12-16(24)20-8-7-11-23-9-5-3-4-6-10-23/h13H,3-12H2,1-2H3,(H,20,24). The Labute approximate surface area is 164 Å². The van der Waals surface area contributed by atoms with Gasteiger partial charge in [-0.15, -0.1) is 11.3 Å². The summed E-state index contributed by atoms with van der Waals surface area (Å²) in [6.45, 7) is 8.48. The molecule has 0 saturated carbocycles. The summed E-state index contributed by atoms with van der Waals surface area (Å²) in [6.07, 6.45) is 7.99. The van der Waals surface area contributed by atoms with Crippen molar-refractivity contribution in [2.45, 2.75) is 51.0 Å². The predicted octanol–water partition coefficient (Wildman–Crippen LogP) is 3.78. The number of thiophene rings is 1. The number of fused-ring (bicyclic) bond motifs is 1. The quantitative estimate of drug-likeness (QED) is 0.441.